The molecule has 0 amide bonds. The van der Waals surface area contributed by atoms with Crippen molar-refractivity contribution < 1.29 is 4.74 Å². The first kappa shape index (κ1) is 11.3. The minimum Gasteiger partial charge on any atom is -0.379 e. The number of nitrogens with zero attached hydrogens (tertiary/aromatic N) is 2. The molecule has 0 radical (unpaired) electrons. The van der Waals surface area contributed by atoms with Crippen molar-refractivity contribution in [2.24, 2.45) is 5.73 Å². The number of ether oxygens (including phenoxy) is 1. The Morgan fingerprint density at radius 2 is 1.80 bits per heavy atom. The van der Waals surface area contributed by atoms with Gasteiger partial charge in [0, 0.05) is 38.8 Å². The van der Waals surface area contributed by atoms with Gasteiger partial charge in [-0.15, -0.1) is 0 Å². The van der Waals surface area contributed by atoms with Crippen LogP contribution in [0.5, 0.6) is 0 Å². The fourth-order valence-corrected chi connectivity index (χ4v) is 2.40. The van der Waals surface area contributed by atoms with Gasteiger partial charge >= 0.3 is 0 Å². The highest BCUT2D eigenvalue weighted by Crippen LogP contribution is 2.08. The monoisotopic (exact) mass is 213 g/mol. The minimum atomic E-state index is 0.406. The fourth-order valence-electron chi connectivity index (χ4n) is 2.40. The number of rotatable bonds is 3. The molecule has 0 spiro atoms. The van der Waals surface area contributed by atoms with E-state index in [4.69, 9.17) is 10.5 Å². The second-order valence-electron chi connectivity index (χ2n) is 4.66. The van der Waals surface area contributed by atoms with Gasteiger partial charge in [0.2, 0.25) is 0 Å². The first-order chi connectivity index (χ1) is 7.34. The van der Waals surface area contributed by atoms with Crippen LogP contribution in [0.25, 0.3) is 0 Å². The molecule has 2 aliphatic heterocycles. The first-order valence-electron chi connectivity index (χ1n) is 6.12. The Balaban J connectivity index is 1.63. The fraction of sp³-hybridized carbons (Fsp3) is 1.00. The Kier molecular flexibility index (Phi) is 4.38. The van der Waals surface area contributed by atoms with Crippen LogP contribution in [0.2, 0.25) is 0 Å². The summed E-state index contributed by atoms with van der Waals surface area (Å²) in [7, 11) is 0. The average molecular weight is 213 g/mol. The van der Waals surface area contributed by atoms with E-state index in [0.29, 0.717) is 6.04 Å². The van der Waals surface area contributed by atoms with Crippen LogP contribution in [0.4, 0.5) is 0 Å². The Labute approximate surface area is 92.4 Å². The normalized spacial score (nSPS) is 30.6. The van der Waals surface area contributed by atoms with E-state index in [1.165, 1.54) is 32.5 Å². The molecular weight excluding hydrogens is 190 g/mol. The van der Waals surface area contributed by atoms with Crippen molar-refractivity contribution in [3.63, 3.8) is 0 Å². The van der Waals surface area contributed by atoms with Gasteiger partial charge in [0.05, 0.1) is 13.2 Å². The van der Waals surface area contributed by atoms with Crippen molar-refractivity contribution in [3.05, 3.63) is 0 Å². The maximum Gasteiger partial charge on any atom is 0.0594 e. The van der Waals surface area contributed by atoms with Crippen LogP contribution < -0.4 is 5.73 Å². The van der Waals surface area contributed by atoms with Crippen molar-refractivity contribution in [1.29, 1.82) is 0 Å². The molecule has 0 aromatic carbocycles. The quantitative estimate of drug-likeness (QED) is 0.701. The summed E-state index contributed by atoms with van der Waals surface area (Å²) in [5.74, 6) is 0. The SMILES string of the molecule is N[C@@H]1CCCN(CCN2CCOCC2)C1. The Morgan fingerprint density at radius 3 is 2.53 bits per heavy atom. The van der Waals surface area contributed by atoms with E-state index in [1.807, 2.05) is 0 Å². The van der Waals surface area contributed by atoms with Gasteiger partial charge in [0.15, 0.2) is 0 Å². The third kappa shape index (κ3) is 3.72. The molecule has 2 N–H and O–H groups in total. The maximum atomic E-state index is 5.96. The smallest absolute Gasteiger partial charge is 0.0594 e. The van der Waals surface area contributed by atoms with E-state index < -0.39 is 0 Å². The van der Waals surface area contributed by atoms with Gasteiger partial charge < -0.3 is 15.4 Å². The number of piperidine rings is 1. The first-order valence-corrected chi connectivity index (χ1v) is 6.12. The molecule has 2 rings (SSSR count). The van der Waals surface area contributed by atoms with Gasteiger partial charge in [-0.1, -0.05) is 0 Å². The standard InChI is InChI=1S/C11H23N3O/c12-11-2-1-3-14(10-11)5-4-13-6-8-15-9-7-13/h11H,1-10,12H2/t11-/m1/s1. The maximum absolute atomic E-state index is 5.96. The molecule has 2 saturated heterocycles. The average Bonchev–Trinajstić information content (AvgIpc) is 2.28. The van der Waals surface area contributed by atoms with Crippen LogP contribution in [-0.2, 0) is 4.74 Å². The van der Waals surface area contributed by atoms with Crippen LogP contribution in [0, 0.1) is 0 Å². The summed E-state index contributed by atoms with van der Waals surface area (Å²) in [6.07, 6.45) is 2.47. The second kappa shape index (κ2) is 5.80. The molecular formula is C11H23N3O. The van der Waals surface area contributed by atoms with Gasteiger partial charge in [-0.05, 0) is 19.4 Å². The number of hydrogen-bond donors (Lipinski definition) is 1. The lowest BCUT2D eigenvalue weighted by molar-refractivity contribution is 0.0320. The van der Waals surface area contributed by atoms with Crippen molar-refractivity contribution >= 4 is 0 Å². The lowest BCUT2D eigenvalue weighted by Gasteiger charge is -2.33. The molecule has 88 valence electrons. The highest BCUT2D eigenvalue weighted by Gasteiger charge is 2.17. The van der Waals surface area contributed by atoms with E-state index in [1.54, 1.807) is 0 Å². The molecule has 4 nitrogen and oxygen atoms in total. The second-order valence-corrected chi connectivity index (χ2v) is 4.66. The topological polar surface area (TPSA) is 41.7 Å². The van der Waals surface area contributed by atoms with E-state index in [0.717, 1.165) is 32.8 Å². The summed E-state index contributed by atoms with van der Waals surface area (Å²) in [4.78, 5) is 4.99. The van der Waals surface area contributed by atoms with Crippen LogP contribution >= 0.6 is 0 Å². The van der Waals surface area contributed by atoms with E-state index in [2.05, 4.69) is 9.80 Å². The molecule has 0 aromatic heterocycles. The summed E-state index contributed by atoms with van der Waals surface area (Å²) < 4.78 is 5.33. The Hall–Kier alpha value is -0.160. The highest BCUT2D eigenvalue weighted by molar-refractivity contribution is 4.76. The molecule has 0 bridgehead atoms. The molecule has 2 aliphatic rings. The predicted octanol–water partition coefficient (Wildman–Crippen LogP) is -0.258. The lowest BCUT2D eigenvalue weighted by atomic mass is 10.1. The van der Waals surface area contributed by atoms with Gasteiger partial charge in [-0.3, -0.25) is 4.90 Å². The summed E-state index contributed by atoms with van der Waals surface area (Å²) in [5.41, 5.74) is 5.96. The van der Waals surface area contributed by atoms with Gasteiger partial charge in [0.1, 0.15) is 0 Å². The molecule has 2 fully saturated rings. The molecule has 2 heterocycles. The van der Waals surface area contributed by atoms with Gasteiger partial charge in [-0.25, -0.2) is 0 Å². The van der Waals surface area contributed by atoms with Crippen LogP contribution in [0.15, 0.2) is 0 Å². The molecule has 0 saturated carbocycles. The largest absolute Gasteiger partial charge is 0.379 e. The third-order valence-corrected chi connectivity index (χ3v) is 3.38. The summed E-state index contributed by atoms with van der Waals surface area (Å²) >= 11 is 0. The molecule has 15 heavy (non-hydrogen) atoms. The Morgan fingerprint density at radius 1 is 1.07 bits per heavy atom. The number of hydrogen-bond acceptors (Lipinski definition) is 4. The summed E-state index contributed by atoms with van der Waals surface area (Å²) in [6, 6.07) is 0.406. The molecule has 4 heteroatoms. The van der Waals surface area contributed by atoms with Crippen molar-refractivity contribution in [3.8, 4) is 0 Å². The zero-order valence-corrected chi connectivity index (χ0v) is 9.53. The number of nitrogens with two attached hydrogens (primary N) is 1. The van der Waals surface area contributed by atoms with Crippen LogP contribution in [-0.4, -0.2) is 68.3 Å². The van der Waals surface area contributed by atoms with Crippen molar-refractivity contribution in [2.45, 2.75) is 18.9 Å². The molecule has 0 aliphatic carbocycles. The van der Waals surface area contributed by atoms with Crippen molar-refractivity contribution in [1.82, 2.24) is 9.80 Å². The lowest BCUT2D eigenvalue weighted by Crippen LogP contribution is -2.47. The molecule has 0 aromatic rings. The van der Waals surface area contributed by atoms with Crippen molar-refractivity contribution in [2.75, 3.05) is 52.5 Å². The van der Waals surface area contributed by atoms with Crippen LogP contribution in [0.1, 0.15) is 12.8 Å². The number of likely N-dealkylation sites (tertiary alicyclic amines) is 1. The number of morpholine rings is 1. The minimum absolute atomic E-state index is 0.406. The Bertz CT molecular complexity index is 183. The van der Waals surface area contributed by atoms with E-state index >= 15 is 0 Å². The zero-order chi connectivity index (χ0) is 10.5. The molecule has 1 atom stereocenters. The summed E-state index contributed by atoms with van der Waals surface area (Å²) in [5, 5.41) is 0. The van der Waals surface area contributed by atoms with E-state index in [9.17, 15) is 0 Å². The summed E-state index contributed by atoms with van der Waals surface area (Å²) in [6.45, 7) is 8.67. The van der Waals surface area contributed by atoms with Gasteiger partial charge in [-0.2, -0.15) is 0 Å². The third-order valence-electron chi connectivity index (χ3n) is 3.38. The zero-order valence-electron chi connectivity index (χ0n) is 9.53. The highest BCUT2D eigenvalue weighted by atomic mass is 16.5. The molecule has 0 unspecified atom stereocenters. The van der Waals surface area contributed by atoms with Gasteiger partial charge in [0.25, 0.3) is 0 Å². The predicted molar refractivity (Wildman–Crippen MR) is 60.9 cm³/mol. The van der Waals surface area contributed by atoms with Crippen LogP contribution in [0.3, 0.4) is 0 Å². The van der Waals surface area contributed by atoms with E-state index in [-0.39, 0.29) is 0 Å².